The van der Waals surface area contributed by atoms with E-state index in [0.717, 1.165) is 6.42 Å². The monoisotopic (exact) mass is 159 g/mol. The van der Waals surface area contributed by atoms with Gasteiger partial charge in [-0.25, -0.2) is 0 Å². The lowest BCUT2D eigenvalue weighted by molar-refractivity contribution is -0.140. The fraction of sp³-hybridized carbons (Fsp3) is 0.875. The van der Waals surface area contributed by atoms with Gasteiger partial charge in [0.1, 0.15) is 0 Å². The fourth-order valence-corrected chi connectivity index (χ4v) is 0.687. The van der Waals surface area contributed by atoms with Crippen molar-refractivity contribution in [3.8, 4) is 0 Å². The Morgan fingerprint density at radius 2 is 2.09 bits per heavy atom. The Bertz CT molecular complexity index is 123. The van der Waals surface area contributed by atoms with Crippen LogP contribution in [-0.2, 0) is 9.53 Å². The largest absolute Gasteiger partial charge is 0.469 e. The molecule has 66 valence electrons. The lowest BCUT2D eigenvalue weighted by Gasteiger charge is -2.18. The Labute approximate surface area is 68.3 Å². The topological polar surface area (TPSA) is 29.5 Å². The zero-order valence-corrected chi connectivity index (χ0v) is 7.76. The number of hydrogen-bond acceptors (Lipinski definition) is 3. The van der Waals surface area contributed by atoms with Crippen molar-refractivity contribution in [1.29, 1.82) is 0 Å². The van der Waals surface area contributed by atoms with E-state index in [4.69, 9.17) is 0 Å². The summed E-state index contributed by atoms with van der Waals surface area (Å²) in [6.45, 7) is 2.09. The molecule has 3 nitrogen and oxygen atoms in total. The Morgan fingerprint density at radius 1 is 1.55 bits per heavy atom. The van der Waals surface area contributed by atoms with E-state index in [2.05, 4.69) is 16.6 Å². The van der Waals surface area contributed by atoms with Crippen LogP contribution in [0.3, 0.4) is 0 Å². The van der Waals surface area contributed by atoms with Crippen LogP contribution in [0.5, 0.6) is 0 Å². The third-order valence-corrected chi connectivity index (χ3v) is 1.88. The molecule has 11 heavy (non-hydrogen) atoms. The normalized spacial score (nSPS) is 13.2. The third-order valence-electron chi connectivity index (χ3n) is 1.88. The highest BCUT2D eigenvalue weighted by Gasteiger charge is 2.07. The number of esters is 1. The fourth-order valence-electron chi connectivity index (χ4n) is 0.687. The number of ether oxygens (including phenoxy) is 1. The first kappa shape index (κ1) is 10.4. The Hall–Kier alpha value is -0.570. The number of nitrogens with zero attached hydrogens (tertiary/aromatic N) is 1. The number of rotatable bonds is 4. The van der Waals surface area contributed by atoms with E-state index in [0.29, 0.717) is 12.5 Å². The highest BCUT2D eigenvalue weighted by atomic mass is 16.5. The van der Waals surface area contributed by atoms with Gasteiger partial charge in [0.25, 0.3) is 0 Å². The molecule has 0 aliphatic rings. The van der Waals surface area contributed by atoms with Gasteiger partial charge < -0.3 is 9.64 Å². The van der Waals surface area contributed by atoms with Gasteiger partial charge >= 0.3 is 5.97 Å². The smallest absolute Gasteiger partial charge is 0.305 e. The van der Waals surface area contributed by atoms with Gasteiger partial charge in [0, 0.05) is 12.5 Å². The molecule has 1 atom stereocenters. The van der Waals surface area contributed by atoms with Crippen molar-refractivity contribution in [2.24, 2.45) is 0 Å². The number of carbonyl (C=O) groups excluding carboxylic acids is 1. The summed E-state index contributed by atoms with van der Waals surface area (Å²) in [5.74, 6) is -0.126. The molecule has 0 heterocycles. The Kier molecular flexibility index (Phi) is 4.86. The summed E-state index contributed by atoms with van der Waals surface area (Å²) in [6, 6.07) is 0.439. The molecule has 0 aromatic heterocycles. The summed E-state index contributed by atoms with van der Waals surface area (Å²) in [6.07, 6.45) is 1.37. The lowest BCUT2D eigenvalue weighted by atomic mass is 10.2. The highest BCUT2D eigenvalue weighted by molar-refractivity contribution is 5.69. The van der Waals surface area contributed by atoms with Crippen LogP contribution in [0.4, 0.5) is 0 Å². The van der Waals surface area contributed by atoms with Gasteiger partial charge in [-0.1, -0.05) is 0 Å². The Balaban J connectivity index is 3.45. The second-order valence-corrected chi connectivity index (χ2v) is 2.93. The summed E-state index contributed by atoms with van der Waals surface area (Å²) in [5.41, 5.74) is 0. The van der Waals surface area contributed by atoms with Crippen molar-refractivity contribution >= 4 is 5.97 Å². The van der Waals surface area contributed by atoms with Crippen molar-refractivity contribution in [2.45, 2.75) is 25.8 Å². The molecule has 0 saturated heterocycles. The lowest BCUT2D eigenvalue weighted by Crippen LogP contribution is -2.25. The van der Waals surface area contributed by atoms with Crippen LogP contribution < -0.4 is 0 Å². The standard InChI is InChI=1S/C8H17NO2/c1-7(9(2)3)5-6-8(10)11-4/h7H,5-6H2,1-4H3. The van der Waals surface area contributed by atoms with Crippen molar-refractivity contribution in [2.75, 3.05) is 21.2 Å². The van der Waals surface area contributed by atoms with E-state index >= 15 is 0 Å². The van der Waals surface area contributed by atoms with Crippen LogP contribution in [0.2, 0.25) is 0 Å². The second kappa shape index (κ2) is 5.13. The zero-order chi connectivity index (χ0) is 8.85. The van der Waals surface area contributed by atoms with Crippen LogP contribution in [0.15, 0.2) is 0 Å². The molecular formula is C8H17NO2. The van der Waals surface area contributed by atoms with Gasteiger partial charge in [-0.05, 0) is 27.4 Å². The summed E-state index contributed by atoms with van der Waals surface area (Å²) < 4.78 is 4.52. The van der Waals surface area contributed by atoms with Crippen LogP contribution in [0, 0.1) is 0 Å². The van der Waals surface area contributed by atoms with E-state index in [1.165, 1.54) is 7.11 Å². The van der Waals surface area contributed by atoms with Crippen LogP contribution >= 0.6 is 0 Å². The van der Waals surface area contributed by atoms with E-state index in [1.807, 2.05) is 14.1 Å². The van der Waals surface area contributed by atoms with Crippen molar-refractivity contribution in [3.63, 3.8) is 0 Å². The molecule has 0 rings (SSSR count). The molecule has 0 bridgehead atoms. The summed E-state index contributed by atoms with van der Waals surface area (Å²) in [7, 11) is 5.42. The maximum Gasteiger partial charge on any atom is 0.305 e. The molecular weight excluding hydrogens is 142 g/mol. The van der Waals surface area contributed by atoms with Gasteiger partial charge in [0.05, 0.1) is 7.11 Å². The molecule has 0 fully saturated rings. The van der Waals surface area contributed by atoms with E-state index in [1.54, 1.807) is 0 Å². The van der Waals surface area contributed by atoms with Gasteiger partial charge in [0.2, 0.25) is 0 Å². The molecule has 0 N–H and O–H groups in total. The molecule has 0 radical (unpaired) electrons. The summed E-state index contributed by atoms with van der Waals surface area (Å²) in [4.78, 5) is 12.8. The molecule has 0 aromatic rings. The zero-order valence-electron chi connectivity index (χ0n) is 7.76. The minimum atomic E-state index is -0.126. The average molecular weight is 159 g/mol. The molecule has 0 spiro atoms. The highest BCUT2D eigenvalue weighted by Crippen LogP contribution is 2.02. The maximum atomic E-state index is 10.7. The predicted molar refractivity (Wildman–Crippen MR) is 44.4 cm³/mol. The SMILES string of the molecule is COC(=O)CCC(C)N(C)C. The van der Waals surface area contributed by atoms with E-state index in [-0.39, 0.29) is 5.97 Å². The molecule has 0 saturated carbocycles. The minimum Gasteiger partial charge on any atom is -0.469 e. The van der Waals surface area contributed by atoms with Crippen LogP contribution in [0.25, 0.3) is 0 Å². The average Bonchev–Trinajstić information content (AvgIpc) is 1.99. The van der Waals surface area contributed by atoms with E-state index < -0.39 is 0 Å². The summed E-state index contributed by atoms with van der Waals surface area (Å²) in [5, 5.41) is 0. The van der Waals surface area contributed by atoms with Crippen molar-refractivity contribution in [3.05, 3.63) is 0 Å². The van der Waals surface area contributed by atoms with Crippen LogP contribution in [0.1, 0.15) is 19.8 Å². The maximum absolute atomic E-state index is 10.7. The molecule has 1 unspecified atom stereocenters. The minimum absolute atomic E-state index is 0.126. The number of carbonyl (C=O) groups is 1. The van der Waals surface area contributed by atoms with Gasteiger partial charge in [-0.3, -0.25) is 4.79 Å². The van der Waals surface area contributed by atoms with Gasteiger partial charge in [0.15, 0.2) is 0 Å². The van der Waals surface area contributed by atoms with Crippen LogP contribution in [-0.4, -0.2) is 38.1 Å². The quantitative estimate of drug-likeness (QED) is 0.570. The molecule has 0 aliphatic heterocycles. The number of hydrogen-bond donors (Lipinski definition) is 0. The van der Waals surface area contributed by atoms with Crippen molar-refractivity contribution < 1.29 is 9.53 Å². The predicted octanol–water partition coefficient (Wildman–Crippen LogP) is 0.890. The first-order valence-electron chi connectivity index (χ1n) is 3.81. The Morgan fingerprint density at radius 3 is 2.45 bits per heavy atom. The first-order chi connectivity index (χ1) is 5.07. The summed E-state index contributed by atoms with van der Waals surface area (Å²) >= 11 is 0. The number of methoxy groups -OCH3 is 1. The van der Waals surface area contributed by atoms with Gasteiger partial charge in [-0.15, -0.1) is 0 Å². The second-order valence-electron chi connectivity index (χ2n) is 2.93. The van der Waals surface area contributed by atoms with Crippen molar-refractivity contribution in [1.82, 2.24) is 4.90 Å². The molecule has 0 aliphatic carbocycles. The van der Waals surface area contributed by atoms with Gasteiger partial charge in [-0.2, -0.15) is 0 Å². The molecule has 0 amide bonds. The molecule has 0 aromatic carbocycles. The molecule has 3 heteroatoms. The van der Waals surface area contributed by atoms with E-state index in [9.17, 15) is 4.79 Å². The third kappa shape index (κ3) is 4.79. The first-order valence-corrected chi connectivity index (χ1v) is 3.81.